The maximum absolute atomic E-state index is 11.3. The summed E-state index contributed by atoms with van der Waals surface area (Å²) in [6.45, 7) is 3.01. The van der Waals surface area contributed by atoms with Gasteiger partial charge in [0.1, 0.15) is 0 Å². The normalized spacial score (nSPS) is 22.6. The molecule has 1 aliphatic heterocycles. The van der Waals surface area contributed by atoms with E-state index in [4.69, 9.17) is 10.2 Å². The zero-order chi connectivity index (χ0) is 12.2. The lowest BCUT2D eigenvalue weighted by atomic mass is 9.92. The number of carbonyl (C=O) groups is 1. The number of hydrogen-bond donors (Lipinski definition) is 3. The van der Waals surface area contributed by atoms with E-state index in [2.05, 4.69) is 5.32 Å². The van der Waals surface area contributed by atoms with Crippen LogP contribution in [0.4, 0.5) is 0 Å². The summed E-state index contributed by atoms with van der Waals surface area (Å²) in [4.78, 5) is 13.0. The van der Waals surface area contributed by atoms with Gasteiger partial charge in [-0.2, -0.15) is 0 Å². The standard InChI is InChI=1S/C11H22N2O3/c1-11(7-14,8-15)6-12-9-3-4-10(16)13(2)5-9/h9,12,14-15H,3-8H2,1-2H3. The monoisotopic (exact) mass is 230 g/mol. The van der Waals surface area contributed by atoms with Crippen molar-refractivity contribution in [3.05, 3.63) is 0 Å². The Bertz CT molecular complexity index is 241. The van der Waals surface area contributed by atoms with Gasteiger partial charge in [-0.3, -0.25) is 4.79 Å². The molecule has 5 nitrogen and oxygen atoms in total. The van der Waals surface area contributed by atoms with Crippen molar-refractivity contribution in [2.24, 2.45) is 5.41 Å². The van der Waals surface area contributed by atoms with Gasteiger partial charge in [-0.1, -0.05) is 6.92 Å². The number of likely N-dealkylation sites (N-methyl/N-ethyl adjacent to an activating group) is 1. The molecule has 1 amide bonds. The molecule has 1 aliphatic rings. The number of nitrogens with one attached hydrogen (secondary N) is 1. The van der Waals surface area contributed by atoms with Crippen molar-refractivity contribution < 1.29 is 15.0 Å². The van der Waals surface area contributed by atoms with Crippen molar-refractivity contribution in [3.8, 4) is 0 Å². The molecule has 3 N–H and O–H groups in total. The minimum Gasteiger partial charge on any atom is -0.396 e. The summed E-state index contributed by atoms with van der Waals surface area (Å²) in [5.41, 5.74) is -0.486. The van der Waals surface area contributed by atoms with Gasteiger partial charge in [0.25, 0.3) is 0 Å². The highest BCUT2D eigenvalue weighted by molar-refractivity contribution is 5.76. The van der Waals surface area contributed by atoms with E-state index in [-0.39, 0.29) is 25.2 Å². The molecule has 0 aliphatic carbocycles. The maximum atomic E-state index is 11.3. The first-order valence-electron chi connectivity index (χ1n) is 5.70. The topological polar surface area (TPSA) is 72.8 Å². The second kappa shape index (κ2) is 5.61. The van der Waals surface area contributed by atoms with Crippen LogP contribution in [0.15, 0.2) is 0 Å². The molecule has 0 aromatic carbocycles. The quantitative estimate of drug-likeness (QED) is 0.577. The number of likely N-dealkylation sites (tertiary alicyclic amines) is 1. The Morgan fingerprint density at radius 1 is 1.50 bits per heavy atom. The molecule has 1 saturated heterocycles. The molecule has 1 atom stereocenters. The van der Waals surface area contributed by atoms with Crippen molar-refractivity contribution in [2.75, 3.05) is 33.4 Å². The summed E-state index contributed by atoms with van der Waals surface area (Å²) < 4.78 is 0. The van der Waals surface area contributed by atoms with E-state index < -0.39 is 5.41 Å². The predicted molar refractivity (Wildman–Crippen MR) is 60.9 cm³/mol. The summed E-state index contributed by atoms with van der Waals surface area (Å²) >= 11 is 0. The Morgan fingerprint density at radius 2 is 2.12 bits per heavy atom. The van der Waals surface area contributed by atoms with Crippen LogP contribution in [0.5, 0.6) is 0 Å². The first-order valence-corrected chi connectivity index (χ1v) is 5.70. The minimum atomic E-state index is -0.486. The van der Waals surface area contributed by atoms with Crippen LogP contribution < -0.4 is 5.32 Å². The van der Waals surface area contributed by atoms with E-state index >= 15 is 0 Å². The van der Waals surface area contributed by atoms with Gasteiger partial charge in [-0.25, -0.2) is 0 Å². The zero-order valence-corrected chi connectivity index (χ0v) is 10.1. The van der Waals surface area contributed by atoms with Crippen LogP contribution in [-0.4, -0.2) is 60.4 Å². The molecule has 0 radical (unpaired) electrons. The third-order valence-corrected chi connectivity index (χ3v) is 3.21. The van der Waals surface area contributed by atoms with Crippen LogP contribution >= 0.6 is 0 Å². The summed E-state index contributed by atoms with van der Waals surface area (Å²) in [5.74, 6) is 0.185. The minimum absolute atomic E-state index is 0.0437. The summed E-state index contributed by atoms with van der Waals surface area (Å²) in [6.07, 6.45) is 1.40. The van der Waals surface area contributed by atoms with Gasteiger partial charge in [0.2, 0.25) is 5.91 Å². The Kier molecular flexibility index (Phi) is 4.70. The molecular formula is C11H22N2O3. The molecule has 1 heterocycles. The smallest absolute Gasteiger partial charge is 0.222 e. The second-order valence-electron chi connectivity index (χ2n) is 5.02. The van der Waals surface area contributed by atoms with E-state index in [1.807, 2.05) is 6.92 Å². The molecule has 5 heteroatoms. The predicted octanol–water partition coefficient (Wildman–Crippen LogP) is -0.812. The zero-order valence-electron chi connectivity index (χ0n) is 10.1. The van der Waals surface area contributed by atoms with Gasteiger partial charge in [-0.15, -0.1) is 0 Å². The molecule has 0 bridgehead atoms. The first kappa shape index (κ1) is 13.4. The van der Waals surface area contributed by atoms with Gasteiger partial charge in [-0.05, 0) is 6.42 Å². The number of carbonyl (C=O) groups excluding carboxylic acids is 1. The number of hydrogen-bond acceptors (Lipinski definition) is 4. The van der Waals surface area contributed by atoms with Gasteiger partial charge in [0, 0.05) is 38.0 Å². The van der Waals surface area contributed by atoms with Crippen LogP contribution in [0.2, 0.25) is 0 Å². The number of rotatable bonds is 5. The van der Waals surface area contributed by atoms with E-state index in [0.717, 1.165) is 6.42 Å². The van der Waals surface area contributed by atoms with E-state index in [9.17, 15) is 4.79 Å². The van der Waals surface area contributed by atoms with Crippen molar-refractivity contribution in [1.29, 1.82) is 0 Å². The van der Waals surface area contributed by atoms with Crippen molar-refractivity contribution in [1.82, 2.24) is 10.2 Å². The largest absolute Gasteiger partial charge is 0.396 e. The number of aliphatic hydroxyl groups is 2. The molecule has 94 valence electrons. The molecular weight excluding hydrogens is 208 g/mol. The Hall–Kier alpha value is -0.650. The van der Waals surface area contributed by atoms with Crippen LogP contribution in [0.25, 0.3) is 0 Å². The van der Waals surface area contributed by atoms with Gasteiger partial charge < -0.3 is 20.4 Å². The Labute approximate surface area is 96.4 Å². The van der Waals surface area contributed by atoms with E-state index in [1.54, 1.807) is 11.9 Å². The summed E-state index contributed by atoms with van der Waals surface area (Å²) in [6, 6.07) is 0.264. The fourth-order valence-electron chi connectivity index (χ4n) is 1.73. The number of piperidine rings is 1. The van der Waals surface area contributed by atoms with Gasteiger partial charge in [0.15, 0.2) is 0 Å². The molecule has 1 rings (SSSR count). The third kappa shape index (κ3) is 3.43. The highest BCUT2D eigenvalue weighted by Crippen LogP contribution is 2.15. The highest BCUT2D eigenvalue weighted by Gasteiger charge is 2.27. The Morgan fingerprint density at radius 3 is 2.62 bits per heavy atom. The number of amides is 1. The fraction of sp³-hybridized carbons (Fsp3) is 0.909. The first-order chi connectivity index (χ1) is 7.50. The number of aliphatic hydroxyl groups excluding tert-OH is 2. The van der Waals surface area contributed by atoms with Crippen LogP contribution in [-0.2, 0) is 4.79 Å². The van der Waals surface area contributed by atoms with Gasteiger partial charge in [0.05, 0.1) is 13.2 Å². The van der Waals surface area contributed by atoms with Crippen molar-refractivity contribution in [3.63, 3.8) is 0 Å². The molecule has 0 saturated carbocycles. The Balaban J connectivity index is 2.36. The van der Waals surface area contributed by atoms with E-state index in [1.165, 1.54) is 0 Å². The van der Waals surface area contributed by atoms with Crippen molar-refractivity contribution >= 4 is 5.91 Å². The highest BCUT2D eigenvalue weighted by atomic mass is 16.3. The molecule has 0 spiro atoms. The second-order valence-corrected chi connectivity index (χ2v) is 5.02. The molecule has 0 aromatic rings. The lowest BCUT2D eigenvalue weighted by Crippen LogP contribution is -2.50. The third-order valence-electron chi connectivity index (χ3n) is 3.21. The summed E-state index contributed by atoms with van der Waals surface area (Å²) in [5, 5.41) is 21.6. The molecule has 1 fully saturated rings. The fourth-order valence-corrected chi connectivity index (χ4v) is 1.73. The maximum Gasteiger partial charge on any atom is 0.222 e. The van der Waals surface area contributed by atoms with Crippen LogP contribution in [0, 0.1) is 5.41 Å². The van der Waals surface area contributed by atoms with Crippen LogP contribution in [0.1, 0.15) is 19.8 Å². The SMILES string of the molecule is CN1CC(NCC(C)(CO)CO)CCC1=O. The molecule has 16 heavy (non-hydrogen) atoms. The van der Waals surface area contributed by atoms with Crippen molar-refractivity contribution in [2.45, 2.75) is 25.8 Å². The van der Waals surface area contributed by atoms with E-state index in [0.29, 0.717) is 19.5 Å². The average Bonchev–Trinajstić information content (AvgIpc) is 2.30. The summed E-state index contributed by atoms with van der Waals surface area (Å²) in [7, 11) is 1.80. The lowest BCUT2D eigenvalue weighted by molar-refractivity contribution is -0.132. The molecule has 0 aromatic heterocycles. The lowest BCUT2D eigenvalue weighted by Gasteiger charge is -2.33. The van der Waals surface area contributed by atoms with Crippen LogP contribution in [0.3, 0.4) is 0 Å². The average molecular weight is 230 g/mol. The molecule has 1 unspecified atom stereocenters. The van der Waals surface area contributed by atoms with Gasteiger partial charge >= 0.3 is 0 Å². The number of nitrogens with zero attached hydrogens (tertiary/aromatic N) is 1.